The van der Waals surface area contributed by atoms with Crippen LogP contribution in [-0.4, -0.2) is 53.8 Å². The molecule has 1 atom stereocenters. The molecule has 0 bridgehead atoms. The van der Waals surface area contributed by atoms with Crippen LogP contribution >= 0.6 is 11.8 Å². The molecule has 0 radical (unpaired) electrons. The molecule has 0 saturated carbocycles. The van der Waals surface area contributed by atoms with E-state index >= 15 is 0 Å². The van der Waals surface area contributed by atoms with Crippen molar-refractivity contribution < 1.29 is 24.2 Å². The maximum atomic E-state index is 12.6. The number of carboxylic acids is 1. The largest absolute Gasteiger partial charge is 0.481 e. The molecule has 0 spiro atoms. The van der Waals surface area contributed by atoms with Crippen LogP contribution in [0.2, 0.25) is 0 Å². The highest BCUT2D eigenvalue weighted by Gasteiger charge is 2.29. The number of amides is 2. The SMILES string of the molecule is CC(C)C(CC(=O)NCCSCC(=O)O)NC(=O)OCC1c2ccccc2-c2ccccc21. The standard InChI is InChI=1S/C25H30N2O5S/c1-16(2)22(13-23(28)26-11-12-33-15-24(29)30)27-25(31)32-14-21-19-9-5-3-7-17(19)18-8-4-6-10-20(18)21/h3-10,16,21-22H,11-15H2,1-2H3,(H,26,28)(H,27,31)(H,29,30). The van der Waals surface area contributed by atoms with Gasteiger partial charge in [0.1, 0.15) is 6.61 Å². The topological polar surface area (TPSA) is 105 Å². The lowest BCUT2D eigenvalue weighted by Crippen LogP contribution is -2.43. The molecule has 8 heteroatoms. The van der Waals surface area contributed by atoms with Crippen molar-refractivity contribution in [1.82, 2.24) is 10.6 Å². The van der Waals surface area contributed by atoms with Crippen molar-refractivity contribution in [3.05, 3.63) is 59.7 Å². The highest BCUT2D eigenvalue weighted by atomic mass is 32.2. The molecule has 33 heavy (non-hydrogen) atoms. The summed E-state index contributed by atoms with van der Waals surface area (Å²) in [5.41, 5.74) is 4.62. The molecule has 0 fully saturated rings. The van der Waals surface area contributed by atoms with Crippen molar-refractivity contribution in [2.24, 2.45) is 5.92 Å². The van der Waals surface area contributed by atoms with E-state index in [1.807, 2.05) is 38.1 Å². The minimum atomic E-state index is -0.876. The number of alkyl carbamates (subject to hydrolysis) is 1. The Morgan fingerprint density at radius 1 is 1.03 bits per heavy atom. The summed E-state index contributed by atoms with van der Waals surface area (Å²) < 4.78 is 5.60. The van der Waals surface area contributed by atoms with E-state index in [-0.39, 0.29) is 42.6 Å². The molecule has 3 rings (SSSR count). The van der Waals surface area contributed by atoms with E-state index in [1.54, 1.807) is 0 Å². The summed E-state index contributed by atoms with van der Waals surface area (Å²) in [5.74, 6) is -0.523. The molecule has 2 amide bonds. The number of carbonyl (C=O) groups excluding carboxylic acids is 2. The minimum absolute atomic E-state index is 0.00777. The van der Waals surface area contributed by atoms with E-state index in [0.29, 0.717) is 12.3 Å². The predicted molar refractivity (Wildman–Crippen MR) is 129 cm³/mol. The zero-order valence-corrected chi connectivity index (χ0v) is 19.7. The number of nitrogens with one attached hydrogen (secondary N) is 2. The van der Waals surface area contributed by atoms with Gasteiger partial charge in [0.15, 0.2) is 0 Å². The molecule has 2 aromatic carbocycles. The number of aliphatic carboxylic acids is 1. The molecule has 3 N–H and O–H groups in total. The summed E-state index contributed by atoms with van der Waals surface area (Å²) >= 11 is 1.24. The lowest BCUT2D eigenvalue weighted by Gasteiger charge is -2.22. The van der Waals surface area contributed by atoms with Crippen molar-refractivity contribution in [3.63, 3.8) is 0 Å². The van der Waals surface area contributed by atoms with Gasteiger partial charge >= 0.3 is 12.1 Å². The Morgan fingerprint density at radius 2 is 1.64 bits per heavy atom. The third-order valence-electron chi connectivity index (χ3n) is 5.65. The van der Waals surface area contributed by atoms with Gasteiger partial charge in [-0.1, -0.05) is 62.4 Å². The normalized spacial score (nSPS) is 13.2. The number of ether oxygens (including phenoxy) is 1. The van der Waals surface area contributed by atoms with Crippen molar-refractivity contribution in [1.29, 1.82) is 0 Å². The van der Waals surface area contributed by atoms with Crippen LogP contribution in [0.4, 0.5) is 4.79 Å². The molecular formula is C25H30N2O5S. The Labute approximate surface area is 198 Å². The second-order valence-corrected chi connectivity index (χ2v) is 9.43. The first-order chi connectivity index (χ1) is 15.9. The molecule has 1 unspecified atom stereocenters. The first kappa shape index (κ1) is 24.6. The second kappa shape index (κ2) is 11.7. The predicted octanol–water partition coefficient (Wildman–Crippen LogP) is 3.87. The van der Waals surface area contributed by atoms with Crippen LogP contribution in [0.3, 0.4) is 0 Å². The Kier molecular flexibility index (Phi) is 8.77. The number of benzene rings is 2. The van der Waals surface area contributed by atoms with Crippen LogP contribution < -0.4 is 10.6 Å². The number of thioether (sulfide) groups is 1. The van der Waals surface area contributed by atoms with E-state index in [9.17, 15) is 14.4 Å². The zero-order valence-electron chi connectivity index (χ0n) is 18.9. The van der Waals surface area contributed by atoms with Gasteiger partial charge in [-0.05, 0) is 28.2 Å². The van der Waals surface area contributed by atoms with Crippen LogP contribution in [0.25, 0.3) is 11.1 Å². The van der Waals surface area contributed by atoms with E-state index in [0.717, 1.165) is 11.1 Å². The van der Waals surface area contributed by atoms with Crippen molar-refractivity contribution in [2.75, 3.05) is 24.7 Å². The van der Waals surface area contributed by atoms with E-state index in [4.69, 9.17) is 9.84 Å². The second-order valence-electron chi connectivity index (χ2n) is 8.32. The molecule has 176 valence electrons. The maximum Gasteiger partial charge on any atom is 0.407 e. The number of hydrogen-bond acceptors (Lipinski definition) is 5. The molecule has 0 aromatic heterocycles. The van der Waals surface area contributed by atoms with Crippen LogP contribution in [0.5, 0.6) is 0 Å². The summed E-state index contributed by atoms with van der Waals surface area (Å²) in [6.07, 6.45) is -0.411. The monoisotopic (exact) mass is 470 g/mol. The first-order valence-corrected chi connectivity index (χ1v) is 12.2. The fourth-order valence-electron chi connectivity index (χ4n) is 3.94. The summed E-state index contributed by atoms with van der Waals surface area (Å²) in [7, 11) is 0. The van der Waals surface area contributed by atoms with Crippen LogP contribution in [0.1, 0.15) is 37.3 Å². The summed E-state index contributed by atoms with van der Waals surface area (Å²) in [5, 5.41) is 14.2. The fraction of sp³-hybridized carbons (Fsp3) is 0.400. The average molecular weight is 471 g/mol. The Bertz CT molecular complexity index is 949. The third kappa shape index (κ3) is 6.74. The van der Waals surface area contributed by atoms with E-state index in [2.05, 4.69) is 34.9 Å². The molecule has 1 aliphatic rings. The molecule has 7 nitrogen and oxygen atoms in total. The Balaban J connectivity index is 1.50. The van der Waals surface area contributed by atoms with Crippen LogP contribution in [-0.2, 0) is 14.3 Å². The highest BCUT2D eigenvalue weighted by Crippen LogP contribution is 2.44. The van der Waals surface area contributed by atoms with Gasteiger partial charge in [0.25, 0.3) is 0 Å². The summed E-state index contributed by atoms with van der Waals surface area (Å²) in [6, 6.07) is 15.9. The van der Waals surface area contributed by atoms with Gasteiger partial charge in [0.05, 0.1) is 5.75 Å². The lowest BCUT2D eigenvalue weighted by atomic mass is 9.98. The van der Waals surface area contributed by atoms with E-state index in [1.165, 1.54) is 22.9 Å². The van der Waals surface area contributed by atoms with Gasteiger partial charge < -0.3 is 20.5 Å². The van der Waals surface area contributed by atoms with Gasteiger partial charge in [-0.25, -0.2) is 4.79 Å². The van der Waals surface area contributed by atoms with Gasteiger partial charge in [-0.15, -0.1) is 11.8 Å². The van der Waals surface area contributed by atoms with Crippen molar-refractivity contribution in [3.8, 4) is 11.1 Å². The number of hydrogen-bond donors (Lipinski definition) is 3. The third-order valence-corrected chi connectivity index (χ3v) is 6.59. The highest BCUT2D eigenvalue weighted by molar-refractivity contribution is 7.99. The summed E-state index contributed by atoms with van der Waals surface area (Å²) in [4.78, 5) is 35.3. The maximum absolute atomic E-state index is 12.6. The molecule has 0 saturated heterocycles. The minimum Gasteiger partial charge on any atom is -0.481 e. The quantitative estimate of drug-likeness (QED) is 0.431. The number of carboxylic acid groups (broad SMARTS) is 1. The van der Waals surface area contributed by atoms with Crippen molar-refractivity contribution in [2.45, 2.75) is 32.2 Å². The number of rotatable bonds is 11. The molecule has 0 aliphatic heterocycles. The smallest absolute Gasteiger partial charge is 0.407 e. The molecule has 1 aliphatic carbocycles. The average Bonchev–Trinajstić information content (AvgIpc) is 3.10. The Morgan fingerprint density at radius 3 is 2.21 bits per heavy atom. The van der Waals surface area contributed by atoms with Gasteiger partial charge in [-0.2, -0.15) is 0 Å². The Hall–Kier alpha value is -3.00. The van der Waals surface area contributed by atoms with Crippen molar-refractivity contribution >= 4 is 29.7 Å². The number of fused-ring (bicyclic) bond motifs is 3. The first-order valence-electron chi connectivity index (χ1n) is 11.0. The molecule has 2 aromatic rings. The zero-order chi connectivity index (χ0) is 23.8. The molecular weight excluding hydrogens is 440 g/mol. The van der Waals surface area contributed by atoms with Crippen LogP contribution in [0, 0.1) is 5.92 Å². The van der Waals surface area contributed by atoms with Gasteiger partial charge in [-0.3, -0.25) is 9.59 Å². The molecule has 0 heterocycles. The summed E-state index contributed by atoms with van der Waals surface area (Å²) in [6.45, 7) is 4.47. The number of carbonyl (C=O) groups is 3. The van der Waals surface area contributed by atoms with Gasteiger partial charge in [0, 0.05) is 30.7 Å². The lowest BCUT2D eigenvalue weighted by molar-refractivity contribution is -0.133. The van der Waals surface area contributed by atoms with E-state index < -0.39 is 12.1 Å². The van der Waals surface area contributed by atoms with Crippen LogP contribution in [0.15, 0.2) is 48.5 Å². The van der Waals surface area contributed by atoms with Gasteiger partial charge in [0.2, 0.25) is 5.91 Å². The fourth-order valence-corrected chi connectivity index (χ4v) is 4.50.